The van der Waals surface area contributed by atoms with Crippen LogP contribution in [0.25, 0.3) is 0 Å². The van der Waals surface area contributed by atoms with E-state index in [1.165, 1.54) is 11.1 Å². The third-order valence-corrected chi connectivity index (χ3v) is 4.23. The van der Waals surface area contributed by atoms with E-state index < -0.39 is 4.87 Å². The number of rotatable bonds is 1. The van der Waals surface area contributed by atoms with Gasteiger partial charge < -0.3 is 0 Å². The van der Waals surface area contributed by atoms with Gasteiger partial charge in [0, 0.05) is 0 Å². The molecule has 0 amide bonds. The monoisotopic (exact) mass is 269 g/mol. The molecule has 0 aliphatic heterocycles. The highest BCUT2D eigenvalue weighted by Crippen LogP contribution is 2.32. The van der Waals surface area contributed by atoms with Gasteiger partial charge in [-0.15, -0.1) is 11.6 Å². The Morgan fingerprint density at radius 2 is 1.83 bits per heavy atom. The van der Waals surface area contributed by atoms with Crippen LogP contribution in [0.5, 0.6) is 0 Å². The van der Waals surface area contributed by atoms with E-state index in [1.54, 1.807) is 0 Å². The fourth-order valence-electron chi connectivity index (χ4n) is 2.35. The van der Waals surface area contributed by atoms with Crippen molar-refractivity contribution in [1.82, 2.24) is 0 Å². The number of nitrogens with zero attached hydrogens (tertiary/aromatic N) is 1. The fraction of sp³-hybridized carbons (Fsp3) is 0.733. The first-order valence-electron chi connectivity index (χ1n) is 6.78. The lowest BCUT2D eigenvalue weighted by Gasteiger charge is -2.27. The maximum absolute atomic E-state index is 11.0. The van der Waals surface area contributed by atoms with Crippen molar-refractivity contribution in [2.75, 3.05) is 0 Å². The van der Waals surface area contributed by atoms with Gasteiger partial charge in [-0.3, -0.25) is 0 Å². The van der Waals surface area contributed by atoms with E-state index >= 15 is 0 Å². The molecule has 0 aromatic rings. The summed E-state index contributed by atoms with van der Waals surface area (Å²) in [6.07, 6.45) is 10.1. The molecule has 0 N–H and O–H groups in total. The summed E-state index contributed by atoms with van der Waals surface area (Å²) < 4.78 is 0. The molecule has 3 heteroatoms. The molecule has 2 unspecified atom stereocenters. The minimum Gasteiger partial charge on any atom is -0.150 e. The lowest BCUT2D eigenvalue weighted by molar-refractivity contribution is 0.440. The van der Waals surface area contributed by atoms with Crippen molar-refractivity contribution < 1.29 is 0 Å². The summed E-state index contributed by atoms with van der Waals surface area (Å²) in [6, 6.07) is -0.296. The highest BCUT2D eigenvalue weighted by Gasteiger charge is 2.32. The summed E-state index contributed by atoms with van der Waals surface area (Å²) in [7, 11) is 0. The van der Waals surface area contributed by atoms with Gasteiger partial charge in [0.1, 0.15) is 6.04 Å². The normalized spacial score (nSPS) is 37.4. The second kappa shape index (κ2) is 7.08. The van der Waals surface area contributed by atoms with E-state index in [2.05, 4.69) is 31.2 Å². The van der Waals surface area contributed by atoms with Crippen LogP contribution in [0.1, 0.15) is 59.3 Å². The average molecular weight is 270 g/mol. The molecular formula is C15H24ClNO. The van der Waals surface area contributed by atoms with Gasteiger partial charge in [-0.2, -0.15) is 4.91 Å². The summed E-state index contributed by atoms with van der Waals surface area (Å²) in [5.41, 5.74) is 2.74. The van der Waals surface area contributed by atoms with Gasteiger partial charge in [0.15, 0.2) is 0 Å². The quantitative estimate of drug-likeness (QED) is 0.358. The molecule has 2 nitrogen and oxygen atoms in total. The van der Waals surface area contributed by atoms with Gasteiger partial charge >= 0.3 is 0 Å². The highest BCUT2D eigenvalue weighted by atomic mass is 35.5. The predicted octanol–water partition coefficient (Wildman–Crippen LogP) is 5.37. The van der Waals surface area contributed by atoms with Crippen LogP contribution in [0.15, 0.2) is 28.5 Å². The molecule has 0 bridgehead atoms. The van der Waals surface area contributed by atoms with Gasteiger partial charge in [-0.05, 0) is 59.3 Å². The van der Waals surface area contributed by atoms with E-state index in [4.69, 9.17) is 11.6 Å². The smallest absolute Gasteiger partial charge is 0.111 e. The summed E-state index contributed by atoms with van der Waals surface area (Å²) in [5, 5.41) is 3.25. The van der Waals surface area contributed by atoms with Crippen molar-refractivity contribution >= 4 is 11.6 Å². The molecule has 1 rings (SSSR count). The lowest BCUT2D eigenvalue weighted by atomic mass is 9.90. The third-order valence-electron chi connectivity index (χ3n) is 3.79. The zero-order valence-electron chi connectivity index (χ0n) is 11.7. The van der Waals surface area contributed by atoms with Crippen LogP contribution >= 0.6 is 11.6 Å². The number of hydrogen-bond donors (Lipinski definition) is 0. The van der Waals surface area contributed by atoms with Crippen molar-refractivity contribution in [3.05, 3.63) is 28.2 Å². The lowest BCUT2D eigenvalue weighted by Crippen LogP contribution is -2.32. The summed E-state index contributed by atoms with van der Waals surface area (Å²) in [5.74, 6) is 0. The van der Waals surface area contributed by atoms with Gasteiger partial charge in [-0.1, -0.05) is 28.5 Å². The van der Waals surface area contributed by atoms with E-state index in [-0.39, 0.29) is 6.04 Å². The summed E-state index contributed by atoms with van der Waals surface area (Å²) in [6.45, 7) is 6.23. The Balaban J connectivity index is 2.82. The second-order valence-electron chi connectivity index (χ2n) is 5.62. The molecule has 0 aromatic heterocycles. The predicted molar refractivity (Wildman–Crippen MR) is 79.1 cm³/mol. The third kappa shape index (κ3) is 4.93. The first kappa shape index (κ1) is 15.4. The Morgan fingerprint density at radius 1 is 1.22 bits per heavy atom. The van der Waals surface area contributed by atoms with E-state index in [9.17, 15) is 4.91 Å². The molecule has 102 valence electrons. The molecule has 0 radical (unpaired) electrons. The topological polar surface area (TPSA) is 29.4 Å². The Hall–Kier alpha value is -0.630. The Morgan fingerprint density at radius 3 is 2.50 bits per heavy atom. The van der Waals surface area contributed by atoms with Gasteiger partial charge in [-0.25, -0.2) is 0 Å². The zero-order chi connectivity index (χ0) is 13.6. The number of allylic oxidation sites excluding steroid dienone is 4. The minimum atomic E-state index is -0.516. The number of alkyl halides is 1. The molecule has 1 aliphatic rings. The molecule has 1 aliphatic carbocycles. The van der Waals surface area contributed by atoms with Crippen molar-refractivity contribution in [1.29, 1.82) is 0 Å². The van der Waals surface area contributed by atoms with Gasteiger partial charge in [0.2, 0.25) is 0 Å². The molecule has 0 heterocycles. The molecule has 0 aromatic carbocycles. The van der Waals surface area contributed by atoms with Crippen LogP contribution in [-0.2, 0) is 0 Å². The van der Waals surface area contributed by atoms with Crippen LogP contribution in [0, 0.1) is 4.91 Å². The molecule has 0 saturated heterocycles. The SMILES string of the molecule is C/C1=C/CCC(C)(Cl)C(N=O)CC/C(C)=C\CC1. The van der Waals surface area contributed by atoms with E-state index in [0.29, 0.717) is 0 Å². The zero-order valence-corrected chi connectivity index (χ0v) is 12.5. The molecule has 0 saturated carbocycles. The Bertz CT molecular complexity index is 344. The Kier molecular flexibility index (Phi) is 6.07. The Labute approximate surface area is 115 Å². The van der Waals surface area contributed by atoms with Crippen LogP contribution in [0.3, 0.4) is 0 Å². The molecular weight excluding hydrogens is 246 g/mol. The maximum atomic E-state index is 11.0. The highest BCUT2D eigenvalue weighted by molar-refractivity contribution is 6.24. The van der Waals surface area contributed by atoms with Gasteiger partial charge in [0.05, 0.1) is 4.87 Å². The second-order valence-corrected chi connectivity index (χ2v) is 6.48. The average Bonchev–Trinajstić information content (AvgIpc) is 2.28. The van der Waals surface area contributed by atoms with E-state index in [0.717, 1.165) is 38.5 Å². The molecule has 18 heavy (non-hydrogen) atoms. The van der Waals surface area contributed by atoms with Crippen LogP contribution in [0.4, 0.5) is 0 Å². The van der Waals surface area contributed by atoms with Crippen molar-refractivity contribution in [3.8, 4) is 0 Å². The molecule has 0 fully saturated rings. The first-order valence-corrected chi connectivity index (χ1v) is 7.16. The van der Waals surface area contributed by atoms with Crippen molar-refractivity contribution in [3.63, 3.8) is 0 Å². The summed E-state index contributed by atoms with van der Waals surface area (Å²) in [4.78, 5) is 10.5. The minimum absolute atomic E-state index is 0.296. The van der Waals surface area contributed by atoms with Gasteiger partial charge in [0.25, 0.3) is 0 Å². The van der Waals surface area contributed by atoms with Crippen molar-refractivity contribution in [2.45, 2.75) is 70.2 Å². The standard InChI is InChI=1S/C15H24ClNO/c1-12-6-4-7-13(2)9-10-14(17-18)15(3,16)11-5-8-12/h7-8,14H,4-6,9-11H2,1-3H3/b12-8-,13-7-. The summed E-state index contributed by atoms with van der Waals surface area (Å²) >= 11 is 6.49. The maximum Gasteiger partial charge on any atom is 0.111 e. The number of nitroso groups, excluding NO2 is 1. The number of hydrogen-bond acceptors (Lipinski definition) is 2. The molecule has 2 atom stereocenters. The number of halogens is 1. The first-order chi connectivity index (χ1) is 8.45. The van der Waals surface area contributed by atoms with Crippen LogP contribution in [0.2, 0.25) is 0 Å². The largest absolute Gasteiger partial charge is 0.150 e. The molecule has 0 spiro atoms. The van der Waals surface area contributed by atoms with Crippen LogP contribution < -0.4 is 0 Å². The fourth-order valence-corrected chi connectivity index (χ4v) is 2.60. The van der Waals surface area contributed by atoms with E-state index in [1.807, 2.05) is 6.92 Å². The van der Waals surface area contributed by atoms with Crippen molar-refractivity contribution in [2.24, 2.45) is 5.18 Å². The van der Waals surface area contributed by atoms with Crippen LogP contribution in [-0.4, -0.2) is 10.9 Å².